The highest BCUT2D eigenvalue weighted by molar-refractivity contribution is 5.67. The number of hydrogen-bond donors (Lipinski definition) is 2. The maximum absolute atomic E-state index is 4.34. The van der Waals surface area contributed by atoms with E-state index in [-0.39, 0.29) is 0 Å². The molecule has 0 spiro atoms. The minimum Gasteiger partial charge on any atom is -0.367 e. The normalized spacial score (nSPS) is 12.9. The van der Waals surface area contributed by atoms with Crippen molar-refractivity contribution in [2.75, 3.05) is 18.9 Å². The fourth-order valence-electron chi connectivity index (χ4n) is 1.53. The van der Waals surface area contributed by atoms with Gasteiger partial charge in [-0.1, -0.05) is 0 Å². The highest BCUT2D eigenvalue weighted by atomic mass is 15.2. The molecule has 0 bridgehead atoms. The van der Waals surface area contributed by atoms with E-state index < -0.39 is 0 Å². The molecule has 2 heterocycles. The molecule has 0 aromatic carbocycles. The fraction of sp³-hybridized carbons (Fsp3) is 0.455. The molecule has 1 unspecified atom stereocenters. The molecule has 2 aromatic heterocycles. The minimum atomic E-state index is 0.408. The van der Waals surface area contributed by atoms with Crippen molar-refractivity contribution in [1.29, 1.82) is 0 Å². The summed E-state index contributed by atoms with van der Waals surface area (Å²) in [6.45, 7) is 4.94. The second-order valence-electron chi connectivity index (χ2n) is 3.96. The van der Waals surface area contributed by atoms with E-state index in [4.69, 9.17) is 0 Å². The van der Waals surface area contributed by atoms with Crippen LogP contribution < -0.4 is 10.6 Å². The Kier molecular flexibility index (Phi) is 3.05. The number of nitrogens with one attached hydrogen (secondary N) is 2. The van der Waals surface area contributed by atoms with Gasteiger partial charge in [0.05, 0.1) is 5.69 Å². The Labute approximate surface area is 94.9 Å². The quantitative estimate of drug-likeness (QED) is 0.807. The van der Waals surface area contributed by atoms with Gasteiger partial charge in [-0.05, 0) is 27.0 Å². The van der Waals surface area contributed by atoms with Crippen LogP contribution in [0.25, 0.3) is 5.52 Å². The second-order valence-corrected chi connectivity index (χ2v) is 3.96. The number of aromatic nitrogens is 3. The third-order valence-corrected chi connectivity index (χ3v) is 2.58. The van der Waals surface area contributed by atoms with E-state index in [0.29, 0.717) is 6.04 Å². The molecule has 0 radical (unpaired) electrons. The zero-order valence-corrected chi connectivity index (χ0v) is 9.86. The third kappa shape index (κ3) is 2.14. The van der Waals surface area contributed by atoms with Gasteiger partial charge in [-0.3, -0.25) is 0 Å². The van der Waals surface area contributed by atoms with Crippen molar-refractivity contribution in [3.05, 3.63) is 24.2 Å². The van der Waals surface area contributed by atoms with Crippen LogP contribution in [-0.4, -0.2) is 34.2 Å². The van der Waals surface area contributed by atoms with E-state index in [1.165, 1.54) is 0 Å². The Morgan fingerprint density at radius 1 is 1.50 bits per heavy atom. The third-order valence-electron chi connectivity index (χ3n) is 2.58. The lowest BCUT2D eigenvalue weighted by Gasteiger charge is -2.12. The molecule has 2 N–H and O–H groups in total. The van der Waals surface area contributed by atoms with E-state index >= 15 is 0 Å². The first-order valence-corrected chi connectivity index (χ1v) is 5.43. The van der Waals surface area contributed by atoms with Crippen LogP contribution in [0.2, 0.25) is 0 Å². The SMILES string of the molecule is CNC(C)CNc1nccn2nc(C)cc12. The zero-order chi connectivity index (χ0) is 11.5. The van der Waals surface area contributed by atoms with Crippen LogP contribution >= 0.6 is 0 Å². The predicted molar refractivity (Wildman–Crippen MR) is 64.7 cm³/mol. The largest absolute Gasteiger partial charge is 0.367 e. The molecule has 0 fully saturated rings. The predicted octanol–water partition coefficient (Wildman–Crippen LogP) is 1.06. The summed E-state index contributed by atoms with van der Waals surface area (Å²) < 4.78 is 1.84. The maximum atomic E-state index is 4.34. The second kappa shape index (κ2) is 4.49. The van der Waals surface area contributed by atoms with Crippen molar-refractivity contribution in [1.82, 2.24) is 19.9 Å². The molecule has 0 aliphatic carbocycles. The van der Waals surface area contributed by atoms with Crippen LogP contribution in [0.5, 0.6) is 0 Å². The van der Waals surface area contributed by atoms with Crippen molar-refractivity contribution in [2.24, 2.45) is 0 Å². The van der Waals surface area contributed by atoms with Crippen LogP contribution in [0.4, 0.5) is 5.82 Å². The summed E-state index contributed by atoms with van der Waals surface area (Å²) in [5.41, 5.74) is 2.01. The zero-order valence-electron chi connectivity index (χ0n) is 9.86. The first-order chi connectivity index (χ1) is 7.70. The number of aryl methyl sites for hydroxylation is 1. The maximum Gasteiger partial charge on any atom is 0.152 e. The molecular weight excluding hydrogens is 202 g/mol. The Hall–Kier alpha value is -1.62. The number of likely N-dealkylation sites (N-methyl/N-ethyl adjacent to an activating group) is 1. The first kappa shape index (κ1) is 10.9. The van der Waals surface area contributed by atoms with Crippen molar-refractivity contribution < 1.29 is 0 Å². The average Bonchev–Trinajstić information content (AvgIpc) is 2.66. The summed E-state index contributed by atoms with van der Waals surface area (Å²) in [6, 6.07) is 2.44. The van der Waals surface area contributed by atoms with Crippen LogP contribution in [0, 0.1) is 6.92 Å². The van der Waals surface area contributed by atoms with Gasteiger partial charge in [0.25, 0.3) is 0 Å². The van der Waals surface area contributed by atoms with Gasteiger partial charge in [-0.25, -0.2) is 9.50 Å². The van der Waals surface area contributed by atoms with Crippen molar-refractivity contribution in [2.45, 2.75) is 19.9 Å². The highest BCUT2D eigenvalue weighted by Gasteiger charge is 2.05. The summed E-state index contributed by atoms with van der Waals surface area (Å²) in [6.07, 6.45) is 3.61. The number of anilines is 1. The summed E-state index contributed by atoms with van der Waals surface area (Å²) in [4.78, 5) is 4.33. The van der Waals surface area contributed by atoms with Gasteiger partial charge in [0.2, 0.25) is 0 Å². The van der Waals surface area contributed by atoms with E-state index in [1.54, 1.807) is 6.20 Å². The van der Waals surface area contributed by atoms with Gasteiger partial charge < -0.3 is 10.6 Å². The molecule has 86 valence electrons. The average molecular weight is 219 g/mol. The molecule has 2 rings (SSSR count). The molecular formula is C11H17N5. The number of hydrogen-bond acceptors (Lipinski definition) is 4. The molecule has 0 saturated heterocycles. The van der Waals surface area contributed by atoms with Crippen LogP contribution in [0.15, 0.2) is 18.5 Å². The molecule has 0 amide bonds. The first-order valence-electron chi connectivity index (χ1n) is 5.43. The van der Waals surface area contributed by atoms with E-state index in [1.807, 2.05) is 30.8 Å². The number of nitrogens with zero attached hydrogens (tertiary/aromatic N) is 3. The van der Waals surface area contributed by atoms with Gasteiger partial charge in [-0.2, -0.15) is 5.10 Å². The van der Waals surface area contributed by atoms with Crippen LogP contribution in [-0.2, 0) is 0 Å². The molecule has 0 saturated carbocycles. The highest BCUT2D eigenvalue weighted by Crippen LogP contribution is 2.14. The standard InChI is InChI=1S/C11H17N5/c1-8-6-10-11(14-7-9(2)12-3)13-4-5-16(10)15-8/h4-6,9,12H,7H2,1-3H3,(H,13,14). The van der Waals surface area contributed by atoms with Crippen LogP contribution in [0.3, 0.4) is 0 Å². The molecule has 1 atom stereocenters. The lowest BCUT2D eigenvalue weighted by molar-refractivity contribution is 0.637. The molecule has 0 aliphatic heterocycles. The Morgan fingerprint density at radius 2 is 2.31 bits per heavy atom. The monoisotopic (exact) mass is 219 g/mol. The summed E-state index contributed by atoms with van der Waals surface area (Å²) in [5.74, 6) is 0.880. The number of rotatable bonds is 4. The van der Waals surface area contributed by atoms with Crippen molar-refractivity contribution in [3.63, 3.8) is 0 Å². The van der Waals surface area contributed by atoms with Gasteiger partial charge >= 0.3 is 0 Å². The molecule has 5 nitrogen and oxygen atoms in total. The van der Waals surface area contributed by atoms with Gasteiger partial charge in [0, 0.05) is 25.0 Å². The molecule has 0 aliphatic rings. The van der Waals surface area contributed by atoms with Crippen LogP contribution in [0.1, 0.15) is 12.6 Å². The van der Waals surface area contributed by atoms with Gasteiger partial charge in [0.1, 0.15) is 5.52 Å². The van der Waals surface area contributed by atoms with Gasteiger partial charge in [0.15, 0.2) is 5.82 Å². The Balaban J connectivity index is 2.23. The van der Waals surface area contributed by atoms with E-state index in [9.17, 15) is 0 Å². The minimum absolute atomic E-state index is 0.408. The summed E-state index contributed by atoms with van der Waals surface area (Å²) in [7, 11) is 1.95. The van der Waals surface area contributed by atoms with E-state index in [0.717, 1.165) is 23.6 Å². The topological polar surface area (TPSA) is 54.2 Å². The van der Waals surface area contributed by atoms with Crippen molar-refractivity contribution >= 4 is 11.3 Å². The Morgan fingerprint density at radius 3 is 3.06 bits per heavy atom. The summed E-state index contributed by atoms with van der Waals surface area (Å²) >= 11 is 0. The molecule has 5 heteroatoms. The molecule has 2 aromatic rings. The van der Waals surface area contributed by atoms with Crippen molar-refractivity contribution in [3.8, 4) is 0 Å². The molecule has 16 heavy (non-hydrogen) atoms. The smallest absolute Gasteiger partial charge is 0.152 e. The lowest BCUT2D eigenvalue weighted by atomic mass is 10.3. The van der Waals surface area contributed by atoms with Gasteiger partial charge in [-0.15, -0.1) is 0 Å². The number of fused-ring (bicyclic) bond motifs is 1. The fourth-order valence-corrected chi connectivity index (χ4v) is 1.53. The Bertz CT molecular complexity index is 476. The summed E-state index contributed by atoms with van der Waals surface area (Å²) in [5, 5.41) is 10.8. The lowest BCUT2D eigenvalue weighted by Crippen LogP contribution is -2.29. The van der Waals surface area contributed by atoms with E-state index in [2.05, 4.69) is 27.6 Å².